The van der Waals surface area contributed by atoms with E-state index in [-0.39, 0.29) is 18.7 Å². The van der Waals surface area contributed by atoms with Gasteiger partial charge in [0.1, 0.15) is 0 Å². The first-order valence-corrected chi connectivity index (χ1v) is 5.84. The van der Waals surface area contributed by atoms with Gasteiger partial charge in [-0.1, -0.05) is 13.0 Å². The van der Waals surface area contributed by atoms with Crippen molar-refractivity contribution in [3.05, 3.63) is 29.3 Å². The van der Waals surface area contributed by atoms with Crippen LogP contribution in [0.5, 0.6) is 0 Å². The molecule has 0 fully saturated rings. The van der Waals surface area contributed by atoms with Crippen molar-refractivity contribution < 1.29 is 9.90 Å². The van der Waals surface area contributed by atoms with Crippen molar-refractivity contribution >= 4 is 11.7 Å². The van der Waals surface area contributed by atoms with Crippen LogP contribution in [-0.4, -0.2) is 23.8 Å². The maximum Gasteiger partial charge on any atom is 0.319 e. The Balaban J connectivity index is 2.65. The summed E-state index contributed by atoms with van der Waals surface area (Å²) in [5, 5.41) is 14.2. The van der Waals surface area contributed by atoms with Crippen molar-refractivity contribution in [2.75, 3.05) is 11.9 Å². The lowest BCUT2D eigenvalue weighted by atomic mass is 10.1. The molecule has 0 aliphatic carbocycles. The van der Waals surface area contributed by atoms with Gasteiger partial charge in [0.15, 0.2) is 0 Å². The van der Waals surface area contributed by atoms with Crippen molar-refractivity contribution in [3.63, 3.8) is 0 Å². The first-order chi connectivity index (χ1) is 8.06. The summed E-state index contributed by atoms with van der Waals surface area (Å²) in [4.78, 5) is 11.5. The molecular weight excluding hydrogens is 216 g/mol. The van der Waals surface area contributed by atoms with Crippen LogP contribution in [0.2, 0.25) is 0 Å². The monoisotopic (exact) mass is 236 g/mol. The lowest BCUT2D eigenvalue weighted by molar-refractivity contribution is 0.229. The molecule has 0 bridgehead atoms. The third kappa shape index (κ3) is 4.07. The molecule has 1 aromatic carbocycles. The van der Waals surface area contributed by atoms with Gasteiger partial charge in [-0.3, -0.25) is 0 Å². The number of hydrogen-bond donors (Lipinski definition) is 3. The van der Waals surface area contributed by atoms with Crippen LogP contribution in [0.1, 0.15) is 25.0 Å². The van der Waals surface area contributed by atoms with E-state index in [4.69, 9.17) is 5.11 Å². The number of aliphatic hydroxyl groups excluding tert-OH is 1. The number of anilines is 1. The zero-order valence-electron chi connectivity index (χ0n) is 10.6. The zero-order valence-corrected chi connectivity index (χ0v) is 10.6. The lowest BCUT2D eigenvalue weighted by Gasteiger charge is -2.13. The standard InChI is InChI=1S/C13H20N2O2/c1-4-11-7-12(6-5-9(11)2)15-13(17)14-10(3)8-16/h5-7,10,16H,4,8H2,1-3H3,(H2,14,15,17)/t10-/m0/s1. The van der Waals surface area contributed by atoms with Crippen LogP contribution >= 0.6 is 0 Å². The SMILES string of the molecule is CCc1cc(NC(=O)N[C@@H](C)CO)ccc1C. The van der Waals surface area contributed by atoms with Gasteiger partial charge in [-0.05, 0) is 43.5 Å². The average Bonchev–Trinajstić information content (AvgIpc) is 2.31. The highest BCUT2D eigenvalue weighted by Crippen LogP contribution is 2.15. The van der Waals surface area contributed by atoms with Crippen LogP contribution in [-0.2, 0) is 6.42 Å². The summed E-state index contributed by atoms with van der Waals surface area (Å²) in [6.45, 7) is 5.81. The molecule has 0 saturated carbocycles. The van der Waals surface area contributed by atoms with Gasteiger partial charge in [-0.15, -0.1) is 0 Å². The van der Waals surface area contributed by atoms with Gasteiger partial charge in [0.05, 0.1) is 12.6 Å². The Kier molecular flexibility index (Phi) is 4.97. The molecule has 4 heteroatoms. The van der Waals surface area contributed by atoms with Gasteiger partial charge >= 0.3 is 6.03 Å². The maximum absolute atomic E-state index is 11.5. The summed E-state index contributed by atoms with van der Waals surface area (Å²) in [5.74, 6) is 0. The molecule has 0 aromatic heterocycles. The molecule has 0 radical (unpaired) electrons. The number of hydrogen-bond acceptors (Lipinski definition) is 2. The minimum absolute atomic E-state index is 0.0679. The van der Waals surface area contributed by atoms with E-state index in [2.05, 4.69) is 24.5 Å². The molecule has 0 unspecified atom stereocenters. The van der Waals surface area contributed by atoms with Crippen LogP contribution < -0.4 is 10.6 Å². The fourth-order valence-corrected chi connectivity index (χ4v) is 1.57. The van der Waals surface area contributed by atoms with Gasteiger partial charge < -0.3 is 15.7 Å². The molecule has 0 heterocycles. The second kappa shape index (κ2) is 6.25. The number of amides is 2. The molecule has 0 aliphatic heterocycles. The Morgan fingerprint density at radius 2 is 2.18 bits per heavy atom. The number of urea groups is 1. The number of aryl methyl sites for hydroxylation is 2. The minimum atomic E-state index is -0.294. The van der Waals surface area contributed by atoms with Crippen molar-refractivity contribution in [2.45, 2.75) is 33.2 Å². The predicted molar refractivity (Wildman–Crippen MR) is 69.3 cm³/mol. The number of nitrogens with one attached hydrogen (secondary N) is 2. The molecule has 1 aromatic rings. The Bertz CT molecular complexity index is 391. The van der Waals surface area contributed by atoms with E-state index in [1.807, 2.05) is 18.2 Å². The first kappa shape index (κ1) is 13.5. The highest BCUT2D eigenvalue weighted by Gasteiger charge is 2.06. The average molecular weight is 236 g/mol. The molecule has 17 heavy (non-hydrogen) atoms. The second-order valence-corrected chi connectivity index (χ2v) is 4.18. The Morgan fingerprint density at radius 1 is 1.47 bits per heavy atom. The van der Waals surface area contributed by atoms with E-state index >= 15 is 0 Å². The molecular formula is C13H20N2O2. The molecule has 0 aliphatic rings. The van der Waals surface area contributed by atoms with Crippen molar-refractivity contribution in [1.29, 1.82) is 0 Å². The van der Waals surface area contributed by atoms with Crippen LogP contribution in [0.3, 0.4) is 0 Å². The Labute approximate surface area is 102 Å². The highest BCUT2D eigenvalue weighted by molar-refractivity contribution is 5.89. The molecule has 0 spiro atoms. The second-order valence-electron chi connectivity index (χ2n) is 4.18. The number of benzene rings is 1. The fourth-order valence-electron chi connectivity index (χ4n) is 1.57. The van der Waals surface area contributed by atoms with Gasteiger partial charge in [0.25, 0.3) is 0 Å². The van der Waals surface area contributed by atoms with Gasteiger partial charge in [0, 0.05) is 5.69 Å². The van der Waals surface area contributed by atoms with Crippen molar-refractivity contribution in [1.82, 2.24) is 5.32 Å². The highest BCUT2D eigenvalue weighted by atomic mass is 16.3. The van der Waals surface area contributed by atoms with Gasteiger partial charge in [0.2, 0.25) is 0 Å². The zero-order chi connectivity index (χ0) is 12.8. The minimum Gasteiger partial charge on any atom is -0.394 e. The van der Waals surface area contributed by atoms with Gasteiger partial charge in [-0.25, -0.2) is 4.79 Å². The number of aliphatic hydroxyl groups is 1. The lowest BCUT2D eigenvalue weighted by Crippen LogP contribution is -2.38. The molecule has 1 atom stereocenters. The van der Waals surface area contributed by atoms with Crippen LogP contribution in [0, 0.1) is 6.92 Å². The van der Waals surface area contributed by atoms with Crippen molar-refractivity contribution in [3.8, 4) is 0 Å². The maximum atomic E-state index is 11.5. The van der Waals surface area contributed by atoms with E-state index in [0.29, 0.717) is 0 Å². The molecule has 0 saturated heterocycles. The normalized spacial score (nSPS) is 12.0. The summed E-state index contributed by atoms with van der Waals surface area (Å²) >= 11 is 0. The predicted octanol–water partition coefficient (Wildman–Crippen LogP) is 2.06. The Hall–Kier alpha value is -1.55. The summed E-state index contributed by atoms with van der Waals surface area (Å²) in [5.41, 5.74) is 3.22. The summed E-state index contributed by atoms with van der Waals surface area (Å²) in [6, 6.07) is 5.30. The quantitative estimate of drug-likeness (QED) is 0.749. The van der Waals surface area contributed by atoms with E-state index < -0.39 is 0 Å². The third-order valence-corrected chi connectivity index (χ3v) is 2.64. The largest absolute Gasteiger partial charge is 0.394 e. The van der Waals surface area contributed by atoms with E-state index in [0.717, 1.165) is 12.1 Å². The van der Waals surface area contributed by atoms with E-state index in [1.54, 1.807) is 6.92 Å². The van der Waals surface area contributed by atoms with Crippen LogP contribution in [0.4, 0.5) is 10.5 Å². The Morgan fingerprint density at radius 3 is 2.76 bits per heavy atom. The molecule has 4 nitrogen and oxygen atoms in total. The summed E-state index contributed by atoms with van der Waals surface area (Å²) in [7, 11) is 0. The third-order valence-electron chi connectivity index (χ3n) is 2.64. The molecule has 94 valence electrons. The number of carbonyl (C=O) groups is 1. The number of carbonyl (C=O) groups excluding carboxylic acids is 1. The van der Waals surface area contributed by atoms with Crippen LogP contribution in [0.25, 0.3) is 0 Å². The topological polar surface area (TPSA) is 61.4 Å². The molecule has 1 rings (SSSR count). The number of rotatable bonds is 4. The molecule has 3 N–H and O–H groups in total. The fraction of sp³-hybridized carbons (Fsp3) is 0.462. The summed E-state index contributed by atoms with van der Waals surface area (Å²) < 4.78 is 0. The summed E-state index contributed by atoms with van der Waals surface area (Å²) in [6.07, 6.45) is 0.940. The van der Waals surface area contributed by atoms with Crippen LogP contribution in [0.15, 0.2) is 18.2 Å². The molecule has 2 amide bonds. The van der Waals surface area contributed by atoms with Gasteiger partial charge in [-0.2, -0.15) is 0 Å². The smallest absolute Gasteiger partial charge is 0.319 e. The van der Waals surface area contributed by atoms with E-state index in [9.17, 15) is 4.79 Å². The first-order valence-electron chi connectivity index (χ1n) is 5.84. The van der Waals surface area contributed by atoms with E-state index in [1.165, 1.54) is 11.1 Å². The van der Waals surface area contributed by atoms with Crippen molar-refractivity contribution in [2.24, 2.45) is 0 Å².